The molecule has 0 amide bonds. The number of aliphatic hydroxyl groups excluding tert-OH is 1. The van der Waals surface area contributed by atoms with Crippen molar-refractivity contribution in [1.29, 1.82) is 0 Å². The van der Waals surface area contributed by atoms with Gasteiger partial charge in [0.25, 0.3) is 0 Å². The van der Waals surface area contributed by atoms with Gasteiger partial charge in [-0.25, -0.2) is 0 Å². The Morgan fingerprint density at radius 3 is 2.65 bits per heavy atom. The van der Waals surface area contributed by atoms with Gasteiger partial charge >= 0.3 is 0 Å². The Kier molecular flexibility index (Phi) is 5.12. The summed E-state index contributed by atoms with van der Waals surface area (Å²) in [6.45, 7) is 5.37. The third-order valence-electron chi connectivity index (χ3n) is 2.92. The van der Waals surface area contributed by atoms with E-state index < -0.39 is 0 Å². The molecule has 0 radical (unpaired) electrons. The first-order valence-corrected chi connectivity index (χ1v) is 6.91. The number of rotatable bonds is 7. The van der Waals surface area contributed by atoms with Crippen LogP contribution < -0.4 is 4.90 Å². The lowest BCUT2D eigenvalue weighted by Crippen LogP contribution is -2.26. The Morgan fingerprint density at radius 2 is 2.00 bits per heavy atom. The Bertz CT molecular complexity index is 511. The number of para-hydroxylation sites is 1. The topological polar surface area (TPSA) is 62.4 Å². The van der Waals surface area contributed by atoms with Gasteiger partial charge in [-0.05, 0) is 18.1 Å². The van der Waals surface area contributed by atoms with E-state index in [4.69, 9.17) is 4.52 Å². The summed E-state index contributed by atoms with van der Waals surface area (Å²) in [4.78, 5) is 6.42. The van der Waals surface area contributed by atoms with Crippen molar-refractivity contribution in [1.82, 2.24) is 10.1 Å². The van der Waals surface area contributed by atoms with Gasteiger partial charge in [-0.3, -0.25) is 0 Å². The van der Waals surface area contributed by atoms with Gasteiger partial charge in [0.15, 0.2) is 5.82 Å². The molecule has 1 heterocycles. The monoisotopic (exact) mass is 275 g/mol. The second kappa shape index (κ2) is 7.05. The fourth-order valence-corrected chi connectivity index (χ4v) is 2.02. The van der Waals surface area contributed by atoms with Crippen molar-refractivity contribution < 1.29 is 9.63 Å². The van der Waals surface area contributed by atoms with E-state index in [0.29, 0.717) is 24.9 Å². The van der Waals surface area contributed by atoms with Crippen LogP contribution in [0.5, 0.6) is 0 Å². The van der Waals surface area contributed by atoms with Crippen molar-refractivity contribution in [3.05, 3.63) is 42.0 Å². The van der Waals surface area contributed by atoms with Gasteiger partial charge in [0.2, 0.25) is 5.89 Å². The van der Waals surface area contributed by atoms with Crippen LogP contribution in [0.25, 0.3) is 0 Å². The Hall–Kier alpha value is -1.88. The number of hydrogen-bond donors (Lipinski definition) is 1. The molecular formula is C15H21N3O2. The second-order valence-electron chi connectivity index (χ2n) is 5.18. The van der Waals surface area contributed by atoms with Crippen LogP contribution >= 0.6 is 0 Å². The molecule has 2 rings (SSSR count). The summed E-state index contributed by atoms with van der Waals surface area (Å²) < 4.78 is 5.28. The molecule has 0 aliphatic rings. The van der Waals surface area contributed by atoms with E-state index in [1.807, 2.05) is 35.2 Å². The predicted molar refractivity (Wildman–Crippen MR) is 77.4 cm³/mol. The van der Waals surface area contributed by atoms with Crippen LogP contribution in [0.3, 0.4) is 0 Å². The molecule has 1 aromatic carbocycles. The summed E-state index contributed by atoms with van der Waals surface area (Å²) in [7, 11) is 0. The molecule has 20 heavy (non-hydrogen) atoms. The van der Waals surface area contributed by atoms with E-state index in [-0.39, 0.29) is 6.61 Å². The molecule has 0 spiro atoms. The highest BCUT2D eigenvalue weighted by Crippen LogP contribution is 2.16. The fourth-order valence-electron chi connectivity index (χ4n) is 2.02. The normalized spacial score (nSPS) is 11.0. The molecule has 5 heteroatoms. The lowest BCUT2D eigenvalue weighted by atomic mass is 10.1. The summed E-state index contributed by atoms with van der Waals surface area (Å²) in [5.74, 6) is 1.83. The van der Waals surface area contributed by atoms with Crippen LogP contribution in [0, 0.1) is 5.92 Å². The van der Waals surface area contributed by atoms with Gasteiger partial charge in [-0.1, -0.05) is 37.2 Å². The second-order valence-corrected chi connectivity index (χ2v) is 5.18. The third kappa shape index (κ3) is 4.06. The minimum absolute atomic E-state index is 0.0852. The van der Waals surface area contributed by atoms with Gasteiger partial charge in [0.1, 0.15) is 0 Å². The number of benzene rings is 1. The summed E-state index contributed by atoms with van der Waals surface area (Å²) in [6, 6.07) is 9.91. The van der Waals surface area contributed by atoms with E-state index in [0.717, 1.165) is 17.9 Å². The van der Waals surface area contributed by atoms with E-state index in [9.17, 15) is 5.11 Å². The van der Waals surface area contributed by atoms with Gasteiger partial charge in [-0.15, -0.1) is 0 Å². The maximum absolute atomic E-state index is 9.19. The summed E-state index contributed by atoms with van der Waals surface area (Å²) in [5.41, 5.74) is 1.03. The molecule has 0 aliphatic heterocycles. The molecule has 0 atom stereocenters. The first-order valence-electron chi connectivity index (χ1n) is 6.91. The zero-order chi connectivity index (χ0) is 14.4. The molecule has 0 saturated heterocycles. The van der Waals surface area contributed by atoms with E-state index in [1.165, 1.54) is 0 Å². The maximum Gasteiger partial charge on any atom is 0.246 e. The Labute approximate surface area is 119 Å². The quantitative estimate of drug-likeness (QED) is 0.840. The molecule has 0 aliphatic carbocycles. The number of aromatic nitrogens is 2. The van der Waals surface area contributed by atoms with Gasteiger partial charge in [-0.2, -0.15) is 4.98 Å². The molecule has 108 valence electrons. The molecule has 5 nitrogen and oxygen atoms in total. The van der Waals surface area contributed by atoms with Crippen molar-refractivity contribution in [2.24, 2.45) is 5.92 Å². The number of hydrogen-bond acceptors (Lipinski definition) is 5. The standard InChI is InChI=1S/C15H21N3O2/c1-12(2)10-14-16-15(20-17-14)11-18(8-9-19)13-6-4-3-5-7-13/h3-7,12,19H,8-11H2,1-2H3. The highest BCUT2D eigenvalue weighted by atomic mass is 16.5. The minimum Gasteiger partial charge on any atom is -0.395 e. The number of nitrogens with zero attached hydrogens (tertiary/aromatic N) is 3. The van der Waals surface area contributed by atoms with Crippen molar-refractivity contribution in [2.75, 3.05) is 18.1 Å². The summed E-state index contributed by atoms with van der Waals surface area (Å²) >= 11 is 0. The van der Waals surface area contributed by atoms with Crippen LogP contribution in [0.4, 0.5) is 5.69 Å². The molecule has 0 saturated carbocycles. The van der Waals surface area contributed by atoms with E-state index >= 15 is 0 Å². The van der Waals surface area contributed by atoms with Crippen molar-refractivity contribution in [3.8, 4) is 0 Å². The molecule has 1 aromatic heterocycles. The average molecular weight is 275 g/mol. The Morgan fingerprint density at radius 1 is 1.25 bits per heavy atom. The zero-order valence-electron chi connectivity index (χ0n) is 12.0. The SMILES string of the molecule is CC(C)Cc1noc(CN(CCO)c2ccccc2)n1. The fraction of sp³-hybridized carbons (Fsp3) is 0.467. The molecule has 2 aromatic rings. The summed E-state index contributed by atoms with van der Waals surface area (Å²) in [5, 5.41) is 13.2. The van der Waals surface area contributed by atoms with Crippen molar-refractivity contribution >= 4 is 5.69 Å². The molecular weight excluding hydrogens is 254 g/mol. The number of anilines is 1. The summed E-state index contributed by atoms with van der Waals surface area (Å²) in [6.07, 6.45) is 0.814. The van der Waals surface area contributed by atoms with Crippen LogP contribution in [-0.4, -0.2) is 28.4 Å². The first kappa shape index (κ1) is 14.5. The first-order chi connectivity index (χ1) is 9.69. The highest BCUT2D eigenvalue weighted by Gasteiger charge is 2.13. The predicted octanol–water partition coefficient (Wildman–Crippen LogP) is 2.27. The van der Waals surface area contributed by atoms with Crippen LogP contribution in [0.2, 0.25) is 0 Å². The maximum atomic E-state index is 9.19. The van der Waals surface area contributed by atoms with Crippen LogP contribution in [-0.2, 0) is 13.0 Å². The molecule has 0 bridgehead atoms. The van der Waals surface area contributed by atoms with E-state index in [2.05, 4.69) is 24.0 Å². The van der Waals surface area contributed by atoms with Crippen molar-refractivity contribution in [3.63, 3.8) is 0 Å². The van der Waals surface area contributed by atoms with Gasteiger partial charge in [0, 0.05) is 18.7 Å². The van der Waals surface area contributed by atoms with Gasteiger partial charge in [0.05, 0.1) is 13.2 Å². The van der Waals surface area contributed by atoms with Crippen molar-refractivity contribution in [2.45, 2.75) is 26.8 Å². The van der Waals surface area contributed by atoms with Gasteiger partial charge < -0.3 is 14.5 Å². The Balaban J connectivity index is 2.06. The smallest absolute Gasteiger partial charge is 0.246 e. The largest absolute Gasteiger partial charge is 0.395 e. The van der Waals surface area contributed by atoms with Crippen LogP contribution in [0.1, 0.15) is 25.6 Å². The third-order valence-corrected chi connectivity index (χ3v) is 2.92. The lowest BCUT2D eigenvalue weighted by Gasteiger charge is -2.21. The number of aliphatic hydroxyl groups is 1. The minimum atomic E-state index is 0.0852. The molecule has 1 N–H and O–H groups in total. The van der Waals surface area contributed by atoms with Crippen LogP contribution in [0.15, 0.2) is 34.9 Å². The van der Waals surface area contributed by atoms with E-state index in [1.54, 1.807) is 0 Å². The highest BCUT2D eigenvalue weighted by molar-refractivity contribution is 5.45. The average Bonchev–Trinajstić information content (AvgIpc) is 2.86. The lowest BCUT2D eigenvalue weighted by molar-refractivity contribution is 0.297. The zero-order valence-corrected chi connectivity index (χ0v) is 12.0. The molecule has 0 fully saturated rings. The molecule has 0 unspecified atom stereocenters.